The average Bonchev–Trinajstić information content (AvgIpc) is 2.96. The fraction of sp³-hybridized carbons (Fsp3) is 0.375. The number of aliphatic hydroxyl groups excluding tert-OH is 1. The van der Waals surface area contributed by atoms with Crippen molar-refractivity contribution >= 4 is 11.6 Å². The van der Waals surface area contributed by atoms with Gasteiger partial charge in [-0.25, -0.2) is 0 Å². The van der Waals surface area contributed by atoms with Crippen molar-refractivity contribution < 1.29 is 14.8 Å². The normalized spacial score (nSPS) is 12.0. The number of aromatic nitrogens is 2. The molecule has 0 saturated carbocycles. The molecule has 8 nitrogen and oxygen atoms in total. The van der Waals surface area contributed by atoms with Crippen LogP contribution in [0.5, 0.6) is 0 Å². The number of nitrogens with one attached hydrogen (secondary N) is 1. The lowest BCUT2D eigenvalue weighted by molar-refractivity contribution is -0.384. The molecule has 24 heavy (non-hydrogen) atoms. The number of aliphatic hydroxyl groups is 1. The maximum atomic E-state index is 12.3. The van der Waals surface area contributed by atoms with Crippen LogP contribution in [-0.4, -0.2) is 38.4 Å². The van der Waals surface area contributed by atoms with Crippen LogP contribution in [0.2, 0.25) is 0 Å². The molecule has 1 heterocycles. The molecule has 128 valence electrons. The van der Waals surface area contributed by atoms with E-state index in [0.29, 0.717) is 36.2 Å². The Kier molecular flexibility index (Phi) is 5.64. The second-order valence-electron chi connectivity index (χ2n) is 5.48. The molecule has 1 unspecified atom stereocenters. The highest BCUT2D eigenvalue weighted by molar-refractivity contribution is 5.99. The molecule has 0 fully saturated rings. The van der Waals surface area contributed by atoms with Crippen LogP contribution < -0.4 is 5.32 Å². The van der Waals surface area contributed by atoms with Gasteiger partial charge in [-0.05, 0) is 25.0 Å². The standard InChI is InChI=1S/C16H20N4O4/c1-3-13(21)8-9-17-16(22)14-10-19(2)18-15(14)11-4-6-12(7-5-11)20(23)24/h4-7,10,13,21H,3,8-9H2,1-2H3,(H,17,22). The van der Waals surface area contributed by atoms with Crippen LogP contribution in [-0.2, 0) is 7.05 Å². The number of aryl methyl sites for hydroxylation is 1. The molecule has 0 aliphatic carbocycles. The van der Waals surface area contributed by atoms with Gasteiger partial charge in [0.1, 0.15) is 5.69 Å². The van der Waals surface area contributed by atoms with E-state index < -0.39 is 11.0 Å². The Bertz CT molecular complexity index is 724. The number of nitro benzene ring substituents is 1. The number of non-ortho nitro benzene ring substituents is 1. The van der Waals surface area contributed by atoms with E-state index in [9.17, 15) is 20.0 Å². The van der Waals surface area contributed by atoms with Gasteiger partial charge in [0.15, 0.2) is 0 Å². The molecule has 1 amide bonds. The van der Waals surface area contributed by atoms with E-state index in [1.165, 1.54) is 16.8 Å². The minimum absolute atomic E-state index is 0.0192. The van der Waals surface area contributed by atoms with Gasteiger partial charge in [0.25, 0.3) is 11.6 Å². The van der Waals surface area contributed by atoms with E-state index in [1.54, 1.807) is 25.4 Å². The minimum Gasteiger partial charge on any atom is -0.393 e. The Balaban J connectivity index is 2.17. The lowest BCUT2D eigenvalue weighted by atomic mass is 10.1. The second-order valence-corrected chi connectivity index (χ2v) is 5.48. The summed E-state index contributed by atoms with van der Waals surface area (Å²) in [6.07, 6.45) is 2.28. The van der Waals surface area contributed by atoms with Crippen LogP contribution in [0.1, 0.15) is 30.1 Å². The van der Waals surface area contributed by atoms with Gasteiger partial charge in [0, 0.05) is 37.5 Å². The number of benzene rings is 1. The molecule has 2 N–H and O–H groups in total. The minimum atomic E-state index is -0.477. The van der Waals surface area contributed by atoms with E-state index in [0.717, 1.165) is 0 Å². The Labute approximate surface area is 139 Å². The summed E-state index contributed by atoms with van der Waals surface area (Å²) in [5.41, 5.74) is 1.45. The third-order valence-electron chi connectivity index (χ3n) is 3.66. The van der Waals surface area contributed by atoms with Crippen molar-refractivity contribution in [3.63, 3.8) is 0 Å². The zero-order valence-electron chi connectivity index (χ0n) is 13.6. The first-order valence-electron chi connectivity index (χ1n) is 7.67. The molecular formula is C16H20N4O4. The molecule has 2 rings (SSSR count). The summed E-state index contributed by atoms with van der Waals surface area (Å²) in [7, 11) is 1.70. The Morgan fingerprint density at radius 2 is 2.08 bits per heavy atom. The number of nitrogens with zero attached hydrogens (tertiary/aromatic N) is 3. The van der Waals surface area contributed by atoms with Gasteiger partial charge >= 0.3 is 0 Å². The Morgan fingerprint density at radius 3 is 2.67 bits per heavy atom. The molecule has 2 aromatic rings. The van der Waals surface area contributed by atoms with Gasteiger partial charge in [-0.15, -0.1) is 0 Å². The summed E-state index contributed by atoms with van der Waals surface area (Å²) in [5, 5.41) is 27.3. The summed E-state index contributed by atoms with van der Waals surface area (Å²) in [6.45, 7) is 2.24. The summed E-state index contributed by atoms with van der Waals surface area (Å²) in [5.74, 6) is -0.292. The summed E-state index contributed by atoms with van der Waals surface area (Å²) >= 11 is 0. The van der Waals surface area contributed by atoms with Crippen molar-refractivity contribution in [1.29, 1.82) is 0 Å². The van der Waals surface area contributed by atoms with E-state index in [4.69, 9.17) is 0 Å². The SMILES string of the molecule is CCC(O)CCNC(=O)c1cn(C)nc1-c1ccc([N+](=O)[O-])cc1. The van der Waals surface area contributed by atoms with Crippen molar-refractivity contribution in [2.75, 3.05) is 6.54 Å². The smallest absolute Gasteiger partial charge is 0.269 e. The van der Waals surface area contributed by atoms with Crippen LogP contribution in [0.4, 0.5) is 5.69 Å². The first-order chi connectivity index (χ1) is 11.4. The highest BCUT2D eigenvalue weighted by Crippen LogP contribution is 2.24. The quantitative estimate of drug-likeness (QED) is 0.594. The van der Waals surface area contributed by atoms with Gasteiger partial charge in [-0.3, -0.25) is 19.6 Å². The number of hydrogen-bond donors (Lipinski definition) is 2. The Hall–Kier alpha value is -2.74. The summed E-state index contributed by atoms with van der Waals surface area (Å²) in [4.78, 5) is 22.6. The van der Waals surface area contributed by atoms with E-state index in [1.807, 2.05) is 6.92 Å². The molecule has 1 atom stereocenters. The van der Waals surface area contributed by atoms with Crippen molar-refractivity contribution in [2.45, 2.75) is 25.9 Å². The molecule has 1 aromatic carbocycles. The number of hydrogen-bond acceptors (Lipinski definition) is 5. The molecule has 0 bridgehead atoms. The van der Waals surface area contributed by atoms with Gasteiger partial charge < -0.3 is 10.4 Å². The number of carbonyl (C=O) groups excluding carboxylic acids is 1. The second kappa shape index (κ2) is 7.69. The number of carbonyl (C=O) groups is 1. The van der Waals surface area contributed by atoms with Crippen LogP contribution in [0.15, 0.2) is 30.5 Å². The van der Waals surface area contributed by atoms with Gasteiger partial charge in [-0.2, -0.15) is 5.10 Å². The average molecular weight is 332 g/mol. The first-order valence-corrected chi connectivity index (χ1v) is 7.67. The molecule has 1 aromatic heterocycles. The van der Waals surface area contributed by atoms with Gasteiger partial charge in [0.2, 0.25) is 0 Å². The molecule has 0 radical (unpaired) electrons. The summed E-state index contributed by atoms with van der Waals surface area (Å²) in [6, 6.07) is 5.89. The van der Waals surface area contributed by atoms with Gasteiger partial charge in [0.05, 0.1) is 16.6 Å². The maximum absolute atomic E-state index is 12.3. The molecule has 0 spiro atoms. The zero-order chi connectivity index (χ0) is 17.7. The molecular weight excluding hydrogens is 312 g/mol. The van der Waals surface area contributed by atoms with Gasteiger partial charge in [-0.1, -0.05) is 6.92 Å². The van der Waals surface area contributed by atoms with Crippen molar-refractivity contribution in [2.24, 2.45) is 7.05 Å². The largest absolute Gasteiger partial charge is 0.393 e. The Morgan fingerprint density at radius 1 is 1.42 bits per heavy atom. The monoisotopic (exact) mass is 332 g/mol. The van der Waals surface area contributed by atoms with E-state index in [2.05, 4.69) is 10.4 Å². The predicted molar refractivity (Wildman–Crippen MR) is 88.5 cm³/mol. The topological polar surface area (TPSA) is 110 Å². The zero-order valence-corrected chi connectivity index (χ0v) is 13.6. The fourth-order valence-corrected chi connectivity index (χ4v) is 2.26. The van der Waals surface area contributed by atoms with E-state index >= 15 is 0 Å². The molecule has 0 aliphatic rings. The van der Waals surface area contributed by atoms with E-state index in [-0.39, 0.29) is 11.6 Å². The lowest BCUT2D eigenvalue weighted by Crippen LogP contribution is -2.27. The van der Waals surface area contributed by atoms with Crippen molar-refractivity contribution in [1.82, 2.24) is 15.1 Å². The number of nitro groups is 1. The van der Waals surface area contributed by atoms with Crippen LogP contribution in [0, 0.1) is 10.1 Å². The molecule has 0 aliphatic heterocycles. The summed E-state index contributed by atoms with van der Waals surface area (Å²) < 4.78 is 1.52. The molecule has 0 saturated heterocycles. The third kappa shape index (κ3) is 4.17. The van der Waals surface area contributed by atoms with Crippen LogP contribution >= 0.6 is 0 Å². The van der Waals surface area contributed by atoms with Crippen molar-refractivity contribution in [3.05, 3.63) is 46.1 Å². The fourth-order valence-electron chi connectivity index (χ4n) is 2.26. The number of amides is 1. The highest BCUT2D eigenvalue weighted by Gasteiger charge is 2.18. The first kappa shape index (κ1) is 17.6. The maximum Gasteiger partial charge on any atom is 0.269 e. The lowest BCUT2D eigenvalue weighted by Gasteiger charge is -2.08. The van der Waals surface area contributed by atoms with Crippen LogP contribution in [0.25, 0.3) is 11.3 Å². The van der Waals surface area contributed by atoms with Crippen molar-refractivity contribution in [3.8, 4) is 11.3 Å². The molecule has 8 heteroatoms. The number of rotatable bonds is 7. The van der Waals surface area contributed by atoms with Crippen LogP contribution in [0.3, 0.4) is 0 Å². The third-order valence-corrected chi connectivity index (χ3v) is 3.66. The predicted octanol–water partition coefficient (Wildman–Crippen LogP) is 1.89. The highest BCUT2D eigenvalue weighted by atomic mass is 16.6.